The number of carbonyl (C=O) groups is 1. The highest BCUT2D eigenvalue weighted by atomic mass is 16.2. The van der Waals surface area contributed by atoms with Crippen LogP contribution >= 0.6 is 0 Å². The number of aryl methyl sites for hydroxylation is 2. The van der Waals surface area contributed by atoms with Crippen LogP contribution in [-0.4, -0.2) is 47.1 Å². The molecule has 1 amide bonds. The number of aromatic nitrogens is 2. The number of hydrogen-bond donors (Lipinski definition) is 0. The third kappa shape index (κ3) is 5.95. The summed E-state index contributed by atoms with van der Waals surface area (Å²) < 4.78 is 2.61. The Kier molecular flexibility index (Phi) is 7.84. The summed E-state index contributed by atoms with van der Waals surface area (Å²) in [6, 6.07) is 25.5. The molecular formula is C30H32N4O3. The standard InChI is InChI=1S/C30H32N4O3/c1-22-10-14-25(15-11-22)33-27(21-29(36)34(30(33)37)26-16-12-23(2)13-17-26)32(19-18-31(3)4)28(35)20-24-8-6-5-7-9-24/h5-17,21H,18-20H2,1-4H3. The number of anilines is 1. The van der Waals surface area contributed by atoms with Crippen LogP contribution in [-0.2, 0) is 11.2 Å². The lowest BCUT2D eigenvalue weighted by Gasteiger charge is -2.28. The van der Waals surface area contributed by atoms with E-state index >= 15 is 0 Å². The van der Waals surface area contributed by atoms with E-state index in [1.54, 1.807) is 17.0 Å². The summed E-state index contributed by atoms with van der Waals surface area (Å²) in [4.78, 5) is 44.6. The highest BCUT2D eigenvalue weighted by Crippen LogP contribution is 2.19. The molecule has 0 N–H and O–H groups in total. The van der Waals surface area contributed by atoms with Gasteiger partial charge >= 0.3 is 5.69 Å². The van der Waals surface area contributed by atoms with Crippen molar-refractivity contribution >= 4 is 11.7 Å². The van der Waals surface area contributed by atoms with E-state index in [0.717, 1.165) is 21.3 Å². The van der Waals surface area contributed by atoms with Gasteiger partial charge in [-0.15, -0.1) is 0 Å². The van der Waals surface area contributed by atoms with Crippen LogP contribution < -0.4 is 16.1 Å². The molecule has 0 bridgehead atoms. The van der Waals surface area contributed by atoms with Gasteiger partial charge in [0.25, 0.3) is 5.56 Å². The van der Waals surface area contributed by atoms with Crippen molar-refractivity contribution in [3.8, 4) is 11.4 Å². The van der Waals surface area contributed by atoms with Crippen LogP contribution in [0.5, 0.6) is 0 Å². The van der Waals surface area contributed by atoms with Crippen molar-refractivity contribution in [2.24, 2.45) is 0 Å². The Labute approximate surface area is 216 Å². The lowest BCUT2D eigenvalue weighted by Crippen LogP contribution is -2.45. The van der Waals surface area contributed by atoms with Gasteiger partial charge in [0.1, 0.15) is 5.82 Å². The SMILES string of the molecule is Cc1ccc(-n2c(N(CCN(C)C)C(=O)Cc3ccccc3)cc(=O)n(-c3ccc(C)cc3)c2=O)cc1. The van der Waals surface area contributed by atoms with E-state index in [2.05, 4.69) is 0 Å². The molecule has 0 fully saturated rings. The van der Waals surface area contributed by atoms with Crippen LogP contribution in [0, 0.1) is 13.8 Å². The van der Waals surface area contributed by atoms with Crippen molar-refractivity contribution < 1.29 is 4.79 Å². The Morgan fingerprint density at radius 3 is 1.81 bits per heavy atom. The van der Waals surface area contributed by atoms with Crippen LogP contribution in [0.3, 0.4) is 0 Å². The van der Waals surface area contributed by atoms with Crippen molar-refractivity contribution in [2.45, 2.75) is 20.3 Å². The molecule has 0 aliphatic carbocycles. The molecule has 0 spiro atoms. The second-order valence-corrected chi connectivity index (χ2v) is 9.48. The Bertz CT molecular complexity index is 1490. The first-order chi connectivity index (χ1) is 17.7. The molecule has 0 saturated carbocycles. The van der Waals surface area contributed by atoms with E-state index in [-0.39, 0.29) is 18.1 Å². The summed E-state index contributed by atoms with van der Waals surface area (Å²) in [6.45, 7) is 4.79. The van der Waals surface area contributed by atoms with Crippen LogP contribution in [0.4, 0.5) is 5.82 Å². The predicted octanol–water partition coefficient (Wildman–Crippen LogP) is 3.74. The zero-order valence-electron chi connectivity index (χ0n) is 21.7. The van der Waals surface area contributed by atoms with Gasteiger partial charge in [-0.3, -0.25) is 14.5 Å². The first kappa shape index (κ1) is 25.9. The Balaban J connectivity index is 1.93. The van der Waals surface area contributed by atoms with Gasteiger partial charge < -0.3 is 4.90 Å². The molecule has 0 saturated heterocycles. The van der Waals surface area contributed by atoms with Gasteiger partial charge in [0.15, 0.2) is 0 Å². The molecule has 190 valence electrons. The van der Waals surface area contributed by atoms with E-state index in [0.29, 0.717) is 24.5 Å². The molecule has 0 aliphatic heterocycles. The van der Waals surface area contributed by atoms with Gasteiger partial charge in [-0.1, -0.05) is 65.7 Å². The average molecular weight is 497 g/mol. The van der Waals surface area contributed by atoms with Crippen LogP contribution in [0.1, 0.15) is 16.7 Å². The maximum atomic E-state index is 14.0. The topological polar surface area (TPSA) is 67.5 Å². The lowest BCUT2D eigenvalue weighted by atomic mass is 10.1. The lowest BCUT2D eigenvalue weighted by molar-refractivity contribution is -0.118. The number of hydrogen-bond acceptors (Lipinski definition) is 4. The second kappa shape index (κ2) is 11.2. The fourth-order valence-corrected chi connectivity index (χ4v) is 4.13. The van der Waals surface area contributed by atoms with E-state index in [4.69, 9.17) is 0 Å². The highest BCUT2D eigenvalue weighted by molar-refractivity contribution is 5.94. The summed E-state index contributed by atoms with van der Waals surface area (Å²) in [6.07, 6.45) is 0.150. The summed E-state index contributed by atoms with van der Waals surface area (Å²) in [5.41, 5.74) is 2.95. The van der Waals surface area contributed by atoms with E-state index < -0.39 is 11.2 Å². The average Bonchev–Trinajstić information content (AvgIpc) is 2.86. The largest absolute Gasteiger partial charge is 0.341 e. The van der Waals surface area contributed by atoms with Crippen LogP contribution in [0.25, 0.3) is 11.4 Å². The normalized spacial score (nSPS) is 11.1. The minimum Gasteiger partial charge on any atom is -0.308 e. The zero-order chi connectivity index (χ0) is 26.5. The molecular weight excluding hydrogens is 464 g/mol. The Morgan fingerprint density at radius 2 is 1.27 bits per heavy atom. The van der Waals surface area contributed by atoms with Crippen molar-refractivity contribution in [1.29, 1.82) is 0 Å². The molecule has 0 atom stereocenters. The molecule has 7 nitrogen and oxygen atoms in total. The molecule has 4 aromatic rings. The number of rotatable bonds is 8. The van der Waals surface area contributed by atoms with Gasteiger partial charge in [-0.05, 0) is 57.8 Å². The molecule has 0 aliphatic rings. The summed E-state index contributed by atoms with van der Waals surface area (Å²) in [7, 11) is 3.84. The molecule has 7 heteroatoms. The molecule has 37 heavy (non-hydrogen) atoms. The molecule has 0 radical (unpaired) electrons. The van der Waals surface area contributed by atoms with Crippen LogP contribution in [0.15, 0.2) is 94.5 Å². The van der Waals surface area contributed by atoms with Crippen LogP contribution in [0.2, 0.25) is 0 Å². The van der Waals surface area contributed by atoms with Crippen molar-refractivity contribution in [1.82, 2.24) is 14.0 Å². The molecule has 4 rings (SSSR count). The molecule has 3 aromatic carbocycles. The number of amides is 1. The minimum absolute atomic E-state index is 0.150. The van der Waals surface area contributed by atoms with Crippen molar-refractivity contribution in [3.05, 3.63) is 122 Å². The van der Waals surface area contributed by atoms with Gasteiger partial charge in [0.05, 0.1) is 17.8 Å². The van der Waals surface area contributed by atoms with Crippen molar-refractivity contribution in [3.63, 3.8) is 0 Å². The maximum Gasteiger partial charge on any atom is 0.341 e. The Morgan fingerprint density at radius 1 is 0.730 bits per heavy atom. The molecule has 1 heterocycles. The third-order valence-electron chi connectivity index (χ3n) is 6.22. The van der Waals surface area contributed by atoms with E-state index in [1.807, 2.05) is 99.6 Å². The minimum atomic E-state index is -0.530. The molecule has 1 aromatic heterocycles. The highest BCUT2D eigenvalue weighted by Gasteiger charge is 2.24. The third-order valence-corrected chi connectivity index (χ3v) is 6.22. The number of likely N-dealkylation sites (N-methyl/N-ethyl adjacent to an activating group) is 1. The summed E-state index contributed by atoms with van der Waals surface area (Å²) in [5, 5.41) is 0. The predicted molar refractivity (Wildman–Crippen MR) is 148 cm³/mol. The van der Waals surface area contributed by atoms with E-state index in [9.17, 15) is 14.4 Å². The number of nitrogens with zero attached hydrogens (tertiary/aromatic N) is 4. The maximum absolute atomic E-state index is 14.0. The number of carbonyl (C=O) groups excluding carboxylic acids is 1. The monoisotopic (exact) mass is 496 g/mol. The first-order valence-corrected chi connectivity index (χ1v) is 12.3. The summed E-state index contributed by atoms with van der Waals surface area (Å²) >= 11 is 0. The fourth-order valence-electron chi connectivity index (χ4n) is 4.13. The molecule has 0 unspecified atom stereocenters. The smallest absolute Gasteiger partial charge is 0.308 e. The van der Waals surface area contributed by atoms with Gasteiger partial charge in [-0.25, -0.2) is 13.9 Å². The van der Waals surface area contributed by atoms with E-state index in [1.165, 1.54) is 10.6 Å². The van der Waals surface area contributed by atoms with Gasteiger partial charge in [-0.2, -0.15) is 0 Å². The number of benzene rings is 3. The van der Waals surface area contributed by atoms with Gasteiger partial charge in [0, 0.05) is 19.2 Å². The van der Waals surface area contributed by atoms with Crippen molar-refractivity contribution in [2.75, 3.05) is 32.1 Å². The fraction of sp³-hybridized carbons (Fsp3) is 0.233. The quantitative estimate of drug-likeness (QED) is 0.373. The first-order valence-electron chi connectivity index (χ1n) is 12.3. The zero-order valence-corrected chi connectivity index (χ0v) is 21.7. The van der Waals surface area contributed by atoms with Gasteiger partial charge in [0.2, 0.25) is 5.91 Å². The second-order valence-electron chi connectivity index (χ2n) is 9.48. The summed E-state index contributed by atoms with van der Waals surface area (Å²) in [5.74, 6) is 0.0609. The Hall–Kier alpha value is -4.23.